The molecule has 19 heavy (non-hydrogen) atoms. The van der Waals surface area contributed by atoms with Crippen LogP contribution < -0.4 is 11.1 Å². The van der Waals surface area contributed by atoms with Crippen LogP contribution in [0.2, 0.25) is 0 Å². The zero-order valence-corrected chi connectivity index (χ0v) is 11.6. The molecule has 2 saturated carbocycles. The Morgan fingerprint density at radius 3 is 2.63 bits per heavy atom. The highest BCUT2D eigenvalue weighted by atomic mass is 16.2. The summed E-state index contributed by atoms with van der Waals surface area (Å²) in [6, 6.07) is 6.17. The molecule has 3 rings (SSSR count). The summed E-state index contributed by atoms with van der Waals surface area (Å²) in [5.41, 5.74) is 9.47. The highest BCUT2D eigenvalue weighted by molar-refractivity contribution is 5.94. The van der Waals surface area contributed by atoms with E-state index in [2.05, 4.69) is 18.3 Å². The molecule has 4 unspecified atom stereocenters. The number of nitrogens with two attached hydrogens (primary N) is 1. The third-order valence-corrected chi connectivity index (χ3v) is 4.92. The third kappa shape index (κ3) is 2.16. The van der Waals surface area contributed by atoms with E-state index in [1.807, 2.05) is 19.1 Å². The van der Waals surface area contributed by atoms with E-state index >= 15 is 0 Å². The lowest BCUT2D eigenvalue weighted by Crippen LogP contribution is -2.42. The Kier molecular flexibility index (Phi) is 3.09. The summed E-state index contributed by atoms with van der Waals surface area (Å²) < 4.78 is 0. The average Bonchev–Trinajstić information content (AvgIpc) is 2.93. The van der Waals surface area contributed by atoms with E-state index < -0.39 is 0 Å². The summed E-state index contributed by atoms with van der Waals surface area (Å²) in [4.78, 5) is 12.5. The molecule has 2 aliphatic carbocycles. The van der Waals surface area contributed by atoms with Crippen molar-refractivity contribution in [3.05, 3.63) is 29.3 Å². The molecule has 0 heterocycles. The van der Waals surface area contributed by atoms with Gasteiger partial charge in [0.15, 0.2) is 0 Å². The number of amides is 1. The van der Waals surface area contributed by atoms with Gasteiger partial charge in [-0.2, -0.15) is 0 Å². The molecular formula is C16H22N2O. The molecule has 1 amide bonds. The van der Waals surface area contributed by atoms with Crippen LogP contribution in [0.5, 0.6) is 0 Å². The van der Waals surface area contributed by atoms with Crippen molar-refractivity contribution in [1.82, 2.24) is 0 Å². The Morgan fingerprint density at radius 1 is 1.26 bits per heavy atom. The van der Waals surface area contributed by atoms with Crippen LogP contribution in [0.15, 0.2) is 18.2 Å². The molecule has 0 spiro atoms. The van der Waals surface area contributed by atoms with Crippen molar-refractivity contribution in [2.24, 2.45) is 23.5 Å². The minimum Gasteiger partial charge on any atom is -0.327 e. The van der Waals surface area contributed by atoms with E-state index in [0.717, 1.165) is 17.7 Å². The lowest BCUT2D eigenvalue weighted by atomic mass is 9.84. The van der Waals surface area contributed by atoms with Crippen molar-refractivity contribution in [3.8, 4) is 0 Å². The summed E-state index contributed by atoms with van der Waals surface area (Å²) in [6.45, 7) is 4.09. The van der Waals surface area contributed by atoms with E-state index in [0.29, 0.717) is 11.8 Å². The number of fused-ring (bicyclic) bond motifs is 2. The quantitative estimate of drug-likeness (QED) is 0.856. The highest BCUT2D eigenvalue weighted by Gasteiger charge is 2.49. The first kappa shape index (κ1) is 12.7. The lowest BCUT2D eigenvalue weighted by Gasteiger charge is -2.27. The van der Waals surface area contributed by atoms with Gasteiger partial charge >= 0.3 is 0 Å². The fraction of sp³-hybridized carbons (Fsp3) is 0.562. The minimum absolute atomic E-state index is 0.0134. The Hall–Kier alpha value is -1.35. The van der Waals surface area contributed by atoms with Crippen LogP contribution in [-0.2, 0) is 4.79 Å². The molecule has 2 fully saturated rings. The monoisotopic (exact) mass is 258 g/mol. The Morgan fingerprint density at radius 2 is 2.00 bits per heavy atom. The van der Waals surface area contributed by atoms with E-state index in [4.69, 9.17) is 5.73 Å². The fourth-order valence-electron chi connectivity index (χ4n) is 3.89. The topological polar surface area (TPSA) is 55.1 Å². The van der Waals surface area contributed by atoms with Crippen LogP contribution in [-0.4, -0.2) is 11.9 Å². The highest BCUT2D eigenvalue weighted by Crippen LogP contribution is 2.47. The summed E-state index contributed by atoms with van der Waals surface area (Å²) in [7, 11) is 0. The molecule has 0 aliphatic heterocycles. The maximum Gasteiger partial charge on any atom is 0.229 e. The van der Waals surface area contributed by atoms with E-state index in [1.54, 1.807) is 0 Å². The third-order valence-electron chi connectivity index (χ3n) is 4.92. The standard InChI is InChI=1S/C16H22N2O/c1-9-3-6-13(10(2)7-9)18-16(19)14-11-4-5-12(8-11)15(14)17/h3,6-7,11-12,14-15H,4-5,8,17H2,1-2H3,(H,18,19). The second kappa shape index (κ2) is 4.64. The number of benzene rings is 1. The van der Waals surface area contributed by atoms with Crippen molar-refractivity contribution >= 4 is 11.6 Å². The SMILES string of the molecule is Cc1ccc(NC(=O)C2C3CCC(C3)C2N)c(C)c1. The van der Waals surface area contributed by atoms with Gasteiger partial charge in [0.05, 0.1) is 5.92 Å². The molecule has 4 atom stereocenters. The molecule has 102 valence electrons. The van der Waals surface area contributed by atoms with Crippen LogP contribution in [0.3, 0.4) is 0 Å². The summed E-state index contributed by atoms with van der Waals surface area (Å²) in [5.74, 6) is 1.21. The number of hydrogen-bond acceptors (Lipinski definition) is 2. The van der Waals surface area contributed by atoms with Crippen molar-refractivity contribution < 1.29 is 4.79 Å². The van der Waals surface area contributed by atoms with Crippen molar-refractivity contribution in [1.29, 1.82) is 0 Å². The van der Waals surface area contributed by atoms with Gasteiger partial charge in [-0.05, 0) is 56.6 Å². The number of hydrogen-bond donors (Lipinski definition) is 2. The number of anilines is 1. The summed E-state index contributed by atoms with van der Waals surface area (Å²) in [5, 5.41) is 3.08. The van der Waals surface area contributed by atoms with Crippen LogP contribution in [0, 0.1) is 31.6 Å². The van der Waals surface area contributed by atoms with Gasteiger partial charge in [-0.3, -0.25) is 4.79 Å². The molecule has 1 aromatic rings. The largest absolute Gasteiger partial charge is 0.327 e. The van der Waals surface area contributed by atoms with Crippen molar-refractivity contribution in [3.63, 3.8) is 0 Å². The smallest absolute Gasteiger partial charge is 0.229 e. The first-order valence-electron chi connectivity index (χ1n) is 7.20. The van der Waals surface area contributed by atoms with Gasteiger partial charge in [0.1, 0.15) is 0 Å². The van der Waals surface area contributed by atoms with Gasteiger partial charge in [-0.15, -0.1) is 0 Å². The van der Waals surface area contributed by atoms with E-state index in [-0.39, 0.29) is 17.9 Å². The molecule has 0 saturated heterocycles. The second-order valence-electron chi connectivity index (χ2n) is 6.24. The second-order valence-corrected chi connectivity index (χ2v) is 6.24. The molecule has 0 radical (unpaired) electrons. The van der Waals surface area contributed by atoms with Crippen LogP contribution in [0.4, 0.5) is 5.69 Å². The molecule has 1 aromatic carbocycles. The molecule has 2 bridgehead atoms. The predicted molar refractivity (Wildman–Crippen MR) is 76.8 cm³/mol. The molecule has 3 N–H and O–H groups in total. The van der Waals surface area contributed by atoms with Gasteiger partial charge < -0.3 is 11.1 Å². The molecular weight excluding hydrogens is 236 g/mol. The van der Waals surface area contributed by atoms with Gasteiger partial charge in [0.25, 0.3) is 0 Å². The number of rotatable bonds is 2. The van der Waals surface area contributed by atoms with Gasteiger partial charge in [-0.1, -0.05) is 17.7 Å². The first-order valence-corrected chi connectivity index (χ1v) is 7.20. The molecule has 2 aliphatic rings. The summed E-state index contributed by atoms with van der Waals surface area (Å²) in [6.07, 6.45) is 3.52. The predicted octanol–water partition coefficient (Wildman–Crippen LogP) is 2.62. The summed E-state index contributed by atoms with van der Waals surface area (Å²) >= 11 is 0. The number of aryl methyl sites for hydroxylation is 2. The van der Waals surface area contributed by atoms with Crippen LogP contribution in [0.1, 0.15) is 30.4 Å². The number of carbonyl (C=O) groups excluding carboxylic acids is 1. The Labute approximate surface area is 114 Å². The van der Waals surface area contributed by atoms with Gasteiger partial charge in [-0.25, -0.2) is 0 Å². The minimum atomic E-state index is 0.0134. The maximum absolute atomic E-state index is 12.5. The van der Waals surface area contributed by atoms with Crippen molar-refractivity contribution in [2.75, 3.05) is 5.32 Å². The molecule has 0 aromatic heterocycles. The molecule has 3 nitrogen and oxygen atoms in total. The first-order chi connectivity index (χ1) is 9.06. The van der Waals surface area contributed by atoms with Crippen molar-refractivity contribution in [2.45, 2.75) is 39.2 Å². The van der Waals surface area contributed by atoms with E-state index in [9.17, 15) is 4.79 Å². The van der Waals surface area contributed by atoms with Crippen LogP contribution in [0.25, 0.3) is 0 Å². The fourth-order valence-corrected chi connectivity index (χ4v) is 3.89. The zero-order valence-electron chi connectivity index (χ0n) is 11.6. The molecule has 3 heteroatoms. The Balaban J connectivity index is 1.75. The van der Waals surface area contributed by atoms with Gasteiger partial charge in [0.2, 0.25) is 5.91 Å². The average molecular weight is 258 g/mol. The number of carbonyl (C=O) groups is 1. The van der Waals surface area contributed by atoms with E-state index in [1.165, 1.54) is 18.4 Å². The normalized spacial score (nSPS) is 32.6. The lowest BCUT2D eigenvalue weighted by molar-refractivity contribution is -0.121. The Bertz CT molecular complexity index is 509. The van der Waals surface area contributed by atoms with Gasteiger partial charge in [0, 0.05) is 11.7 Å². The van der Waals surface area contributed by atoms with Crippen LogP contribution >= 0.6 is 0 Å². The number of nitrogens with one attached hydrogen (secondary N) is 1. The maximum atomic E-state index is 12.5. The zero-order chi connectivity index (χ0) is 13.6.